The van der Waals surface area contributed by atoms with E-state index < -0.39 is 13.9 Å². The van der Waals surface area contributed by atoms with Gasteiger partial charge in [0.05, 0.1) is 34.4 Å². The molecule has 1 N–H and O–H groups in total. The third kappa shape index (κ3) is 34.6. The molecule has 0 aromatic rings. The van der Waals surface area contributed by atoms with Gasteiger partial charge in [-0.3, -0.25) is 13.8 Å². The van der Waals surface area contributed by atoms with Crippen molar-refractivity contribution in [3.05, 3.63) is 12.2 Å². The molecule has 2 unspecified atom stereocenters. The molecule has 0 saturated heterocycles. The van der Waals surface area contributed by atoms with E-state index in [1.807, 2.05) is 21.1 Å². The van der Waals surface area contributed by atoms with Crippen molar-refractivity contribution in [2.45, 2.75) is 168 Å². The Kier molecular flexibility index (Phi) is 31.0. The third-order valence-corrected chi connectivity index (χ3v) is 9.06. The second-order valence-electron chi connectivity index (χ2n) is 14.0. The SMILES string of the molecule is CCCCCCC/C=C\CCCCCCCCOCC(COP(=O)(O)OCC[N+](C)(C)C)OC(=O)CCCCCCCCCCC. The minimum absolute atomic E-state index is 0.0900. The maximum atomic E-state index is 12.5. The number of hydrogen-bond acceptors (Lipinski definition) is 6. The number of nitrogens with zero attached hydrogens (tertiary/aromatic N) is 1. The minimum Gasteiger partial charge on any atom is -0.457 e. The van der Waals surface area contributed by atoms with Gasteiger partial charge in [-0.1, -0.05) is 129 Å². The summed E-state index contributed by atoms with van der Waals surface area (Å²) in [5.41, 5.74) is 0. The van der Waals surface area contributed by atoms with Gasteiger partial charge in [-0.15, -0.1) is 0 Å². The van der Waals surface area contributed by atoms with Gasteiger partial charge in [-0.05, 0) is 38.5 Å². The topological polar surface area (TPSA) is 91.3 Å². The fraction of sp³-hybridized carbons (Fsp3) is 0.919. The lowest BCUT2D eigenvalue weighted by Gasteiger charge is -2.24. The summed E-state index contributed by atoms with van der Waals surface area (Å²) in [5.74, 6) is -0.319. The number of likely N-dealkylation sites (N-methyl/N-ethyl adjacent to an activating group) is 1. The number of rotatable bonds is 35. The van der Waals surface area contributed by atoms with Gasteiger partial charge in [0.25, 0.3) is 0 Å². The number of phosphoric acid groups is 1. The van der Waals surface area contributed by atoms with Gasteiger partial charge in [0.15, 0.2) is 0 Å². The van der Waals surface area contributed by atoms with Gasteiger partial charge in [-0.25, -0.2) is 4.57 Å². The summed E-state index contributed by atoms with van der Waals surface area (Å²) in [4.78, 5) is 22.7. The van der Waals surface area contributed by atoms with Crippen molar-refractivity contribution in [1.29, 1.82) is 0 Å². The Morgan fingerprint density at radius 1 is 0.652 bits per heavy atom. The van der Waals surface area contributed by atoms with Gasteiger partial charge in [0.1, 0.15) is 19.3 Å². The Hall–Kier alpha value is -0.760. The van der Waals surface area contributed by atoms with Crippen LogP contribution in [0.25, 0.3) is 0 Å². The zero-order valence-corrected chi connectivity index (χ0v) is 31.7. The van der Waals surface area contributed by atoms with Crippen molar-refractivity contribution in [1.82, 2.24) is 0 Å². The van der Waals surface area contributed by atoms with Crippen LogP contribution < -0.4 is 0 Å². The van der Waals surface area contributed by atoms with Crippen molar-refractivity contribution in [2.75, 3.05) is 54.1 Å². The van der Waals surface area contributed by atoms with Crippen LogP contribution in [0.15, 0.2) is 12.2 Å². The Morgan fingerprint density at radius 2 is 1.13 bits per heavy atom. The van der Waals surface area contributed by atoms with Crippen molar-refractivity contribution < 1.29 is 37.3 Å². The summed E-state index contributed by atoms with van der Waals surface area (Å²) in [7, 11) is 1.67. The van der Waals surface area contributed by atoms with E-state index in [0.29, 0.717) is 24.1 Å². The predicted molar refractivity (Wildman–Crippen MR) is 192 cm³/mol. The van der Waals surface area contributed by atoms with E-state index in [0.717, 1.165) is 32.1 Å². The van der Waals surface area contributed by atoms with E-state index in [9.17, 15) is 14.3 Å². The molecule has 46 heavy (non-hydrogen) atoms. The molecule has 0 heterocycles. The van der Waals surface area contributed by atoms with Crippen LogP contribution in [0.1, 0.15) is 162 Å². The van der Waals surface area contributed by atoms with Gasteiger partial charge in [0, 0.05) is 13.0 Å². The first kappa shape index (κ1) is 45.2. The van der Waals surface area contributed by atoms with Gasteiger partial charge >= 0.3 is 13.8 Å². The number of hydrogen-bond donors (Lipinski definition) is 1. The average molecular weight is 677 g/mol. The van der Waals surface area contributed by atoms with Gasteiger partial charge < -0.3 is 18.9 Å². The lowest BCUT2D eigenvalue weighted by atomic mass is 10.1. The van der Waals surface area contributed by atoms with Crippen LogP contribution in [-0.2, 0) is 27.9 Å². The highest BCUT2D eigenvalue weighted by atomic mass is 31.2. The summed E-state index contributed by atoms with van der Waals surface area (Å²) in [6.45, 7) is 5.59. The van der Waals surface area contributed by atoms with Crippen molar-refractivity contribution in [3.63, 3.8) is 0 Å². The van der Waals surface area contributed by atoms with Crippen LogP contribution in [0.5, 0.6) is 0 Å². The molecule has 0 radical (unpaired) electrons. The maximum absolute atomic E-state index is 12.5. The molecule has 0 aliphatic carbocycles. The molecule has 0 rings (SSSR count). The monoisotopic (exact) mass is 677 g/mol. The summed E-state index contributed by atoms with van der Waals surface area (Å²) in [5, 5.41) is 0. The molecule has 0 spiro atoms. The van der Waals surface area contributed by atoms with E-state index in [-0.39, 0.29) is 25.8 Å². The fourth-order valence-electron chi connectivity index (χ4n) is 5.08. The van der Waals surface area contributed by atoms with Gasteiger partial charge in [0.2, 0.25) is 0 Å². The molecule has 2 atom stereocenters. The molecular weight excluding hydrogens is 601 g/mol. The quantitative estimate of drug-likeness (QED) is 0.0235. The number of allylic oxidation sites excluding steroid dienone is 2. The molecule has 0 aliphatic heterocycles. The zero-order chi connectivity index (χ0) is 34.2. The highest BCUT2D eigenvalue weighted by Crippen LogP contribution is 2.43. The van der Waals surface area contributed by atoms with E-state index in [1.54, 1.807) is 0 Å². The largest absolute Gasteiger partial charge is 0.472 e. The van der Waals surface area contributed by atoms with Crippen LogP contribution in [-0.4, -0.2) is 75.6 Å². The van der Waals surface area contributed by atoms with E-state index in [2.05, 4.69) is 26.0 Å². The summed E-state index contributed by atoms with van der Waals surface area (Å²) < 4.78 is 34.8. The molecule has 0 bridgehead atoms. The lowest BCUT2D eigenvalue weighted by Crippen LogP contribution is -2.37. The second kappa shape index (κ2) is 31.5. The molecule has 0 amide bonds. The highest BCUT2D eigenvalue weighted by Gasteiger charge is 2.26. The first-order chi connectivity index (χ1) is 22.1. The zero-order valence-electron chi connectivity index (χ0n) is 30.8. The van der Waals surface area contributed by atoms with E-state index in [4.69, 9.17) is 18.5 Å². The fourth-order valence-corrected chi connectivity index (χ4v) is 5.82. The van der Waals surface area contributed by atoms with Crippen LogP contribution in [0.2, 0.25) is 0 Å². The first-order valence-electron chi connectivity index (χ1n) is 18.9. The van der Waals surface area contributed by atoms with Crippen molar-refractivity contribution in [2.24, 2.45) is 0 Å². The van der Waals surface area contributed by atoms with Crippen LogP contribution in [0, 0.1) is 0 Å². The number of carbonyl (C=O) groups excluding carboxylic acids is 1. The van der Waals surface area contributed by atoms with Crippen LogP contribution in [0.3, 0.4) is 0 Å². The minimum atomic E-state index is -4.26. The molecule has 0 saturated carbocycles. The number of ether oxygens (including phenoxy) is 2. The third-order valence-electron chi connectivity index (χ3n) is 8.08. The highest BCUT2D eigenvalue weighted by molar-refractivity contribution is 7.47. The van der Waals surface area contributed by atoms with Gasteiger partial charge in [-0.2, -0.15) is 0 Å². The molecule has 9 heteroatoms. The molecule has 0 aliphatic rings. The Morgan fingerprint density at radius 3 is 1.65 bits per heavy atom. The first-order valence-corrected chi connectivity index (χ1v) is 20.4. The van der Waals surface area contributed by atoms with Crippen LogP contribution in [0.4, 0.5) is 0 Å². The van der Waals surface area contributed by atoms with Crippen molar-refractivity contribution in [3.8, 4) is 0 Å². The predicted octanol–water partition coefficient (Wildman–Crippen LogP) is 10.3. The Bertz CT molecular complexity index is 756. The average Bonchev–Trinajstić information content (AvgIpc) is 2.99. The maximum Gasteiger partial charge on any atom is 0.472 e. The normalized spacial score (nSPS) is 14.1. The second-order valence-corrected chi connectivity index (χ2v) is 15.4. The van der Waals surface area contributed by atoms with Crippen molar-refractivity contribution >= 4 is 13.8 Å². The molecule has 0 fully saturated rings. The number of phosphoric ester groups is 1. The Balaban J connectivity index is 4.26. The number of carbonyl (C=O) groups is 1. The number of unbranched alkanes of at least 4 members (excludes halogenated alkanes) is 19. The lowest BCUT2D eigenvalue weighted by molar-refractivity contribution is -0.870. The van der Waals surface area contributed by atoms with E-state index >= 15 is 0 Å². The molecule has 8 nitrogen and oxygen atoms in total. The summed E-state index contributed by atoms with van der Waals surface area (Å²) in [6.07, 6.45) is 30.9. The molecule has 0 aromatic carbocycles. The standard InChI is InChI=1S/C37H74NO7P/c1-6-8-10-12-14-16-17-18-19-20-21-23-25-27-29-32-42-34-36(35-44-46(40,41)43-33-31-38(3,4)5)45-37(39)30-28-26-24-22-15-13-11-9-7-2/h17-18,36H,6-16,19-35H2,1-5H3/p+1/b18-17-. The van der Waals surface area contributed by atoms with E-state index in [1.165, 1.54) is 109 Å². The van der Waals surface area contributed by atoms with Crippen LogP contribution >= 0.6 is 7.82 Å². The smallest absolute Gasteiger partial charge is 0.457 e. The number of esters is 1. The Labute approximate surface area is 284 Å². The molecule has 0 aromatic heterocycles. The summed E-state index contributed by atoms with van der Waals surface area (Å²) >= 11 is 0. The molecular formula is C37H75NO7P+. The molecule has 274 valence electrons. The summed E-state index contributed by atoms with van der Waals surface area (Å²) in [6, 6.07) is 0. The number of quaternary nitrogens is 1.